The minimum Gasteiger partial charge on any atom is -0.481 e. The normalized spacial score (nSPS) is 10.2. The summed E-state index contributed by atoms with van der Waals surface area (Å²) in [5, 5.41) is 13.7. The number of carbonyl (C=O) groups excluding carboxylic acids is 1. The molecular weight excluding hydrogens is 331 g/mol. The first-order chi connectivity index (χ1) is 11.8. The van der Waals surface area contributed by atoms with Gasteiger partial charge in [-0.05, 0) is 5.56 Å². The van der Waals surface area contributed by atoms with Crippen LogP contribution in [0.2, 0.25) is 0 Å². The Morgan fingerprint density at radius 3 is 2.64 bits per heavy atom. The van der Waals surface area contributed by atoms with E-state index in [9.17, 15) is 19.3 Å². The van der Waals surface area contributed by atoms with Gasteiger partial charge in [-0.15, -0.1) is 0 Å². The second kappa shape index (κ2) is 7.56. The van der Waals surface area contributed by atoms with Gasteiger partial charge in [-0.1, -0.05) is 6.07 Å². The molecule has 0 aliphatic heterocycles. The van der Waals surface area contributed by atoms with E-state index in [0.717, 1.165) is 12.1 Å². The Kier molecular flexibility index (Phi) is 5.48. The van der Waals surface area contributed by atoms with Crippen LogP contribution in [0.15, 0.2) is 30.5 Å². The standard InChI is InChI=1S/C16H17FN4O4/c1-20(2)13-7-12(17)11(6-14(13)21(23)24)16(22)19-9-10-4-5-15(25-3)18-8-10/h4-8H,9H2,1-3H3,(H,19,22). The molecule has 9 heteroatoms. The molecule has 0 bridgehead atoms. The number of hydrogen-bond acceptors (Lipinski definition) is 6. The van der Waals surface area contributed by atoms with E-state index >= 15 is 0 Å². The summed E-state index contributed by atoms with van der Waals surface area (Å²) in [4.78, 5) is 28.1. The number of amides is 1. The Balaban J connectivity index is 2.20. The molecule has 2 aromatic rings. The fraction of sp³-hybridized carbons (Fsp3) is 0.250. The van der Waals surface area contributed by atoms with Crippen molar-refractivity contribution in [1.82, 2.24) is 10.3 Å². The first kappa shape index (κ1) is 18.1. The number of carbonyl (C=O) groups is 1. The van der Waals surface area contributed by atoms with Gasteiger partial charge in [-0.2, -0.15) is 0 Å². The summed E-state index contributed by atoms with van der Waals surface area (Å²) >= 11 is 0. The van der Waals surface area contributed by atoms with Gasteiger partial charge in [0.15, 0.2) is 0 Å². The van der Waals surface area contributed by atoms with Crippen LogP contribution in [0.5, 0.6) is 5.88 Å². The van der Waals surface area contributed by atoms with E-state index in [-0.39, 0.29) is 17.9 Å². The summed E-state index contributed by atoms with van der Waals surface area (Å²) in [5.74, 6) is -1.16. The van der Waals surface area contributed by atoms with Gasteiger partial charge in [0.2, 0.25) is 5.88 Å². The molecule has 0 radical (unpaired) electrons. The van der Waals surface area contributed by atoms with E-state index in [4.69, 9.17) is 4.74 Å². The van der Waals surface area contributed by atoms with Gasteiger partial charge in [-0.3, -0.25) is 14.9 Å². The number of aromatic nitrogens is 1. The van der Waals surface area contributed by atoms with Gasteiger partial charge in [0.05, 0.1) is 17.6 Å². The zero-order valence-corrected chi connectivity index (χ0v) is 13.9. The highest BCUT2D eigenvalue weighted by Gasteiger charge is 2.23. The van der Waals surface area contributed by atoms with Crippen LogP contribution in [0.3, 0.4) is 0 Å². The van der Waals surface area contributed by atoms with E-state index in [1.165, 1.54) is 18.2 Å². The van der Waals surface area contributed by atoms with Gasteiger partial charge < -0.3 is 15.0 Å². The number of nitrogens with one attached hydrogen (secondary N) is 1. The van der Waals surface area contributed by atoms with E-state index in [1.807, 2.05) is 0 Å². The van der Waals surface area contributed by atoms with E-state index in [2.05, 4.69) is 10.3 Å². The Morgan fingerprint density at radius 1 is 1.40 bits per heavy atom. The molecule has 0 saturated heterocycles. The number of hydrogen-bond donors (Lipinski definition) is 1. The lowest BCUT2D eigenvalue weighted by molar-refractivity contribution is -0.384. The lowest BCUT2D eigenvalue weighted by Gasteiger charge is -2.14. The zero-order valence-electron chi connectivity index (χ0n) is 13.9. The molecule has 0 aliphatic rings. The molecule has 0 aliphatic carbocycles. The molecule has 1 aromatic carbocycles. The monoisotopic (exact) mass is 348 g/mol. The summed E-state index contributed by atoms with van der Waals surface area (Å²) in [7, 11) is 4.59. The van der Waals surface area contributed by atoms with Gasteiger partial charge in [0, 0.05) is 45.0 Å². The molecule has 1 N–H and O–H groups in total. The molecule has 0 atom stereocenters. The van der Waals surface area contributed by atoms with Crippen LogP contribution in [-0.2, 0) is 6.54 Å². The van der Waals surface area contributed by atoms with Gasteiger partial charge in [0.1, 0.15) is 11.5 Å². The molecule has 2 rings (SSSR count). The number of benzene rings is 1. The molecule has 0 spiro atoms. The maximum Gasteiger partial charge on any atom is 0.293 e. The third-order valence-electron chi connectivity index (χ3n) is 3.45. The number of ether oxygens (including phenoxy) is 1. The summed E-state index contributed by atoms with van der Waals surface area (Å²) in [6, 6.07) is 5.23. The highest BCUT2D eigenvalue weighted by Crippen LogP contribution is 2.29. The number of anilines is 1. The lowest BCUT2D eigenvalue weighted by atomic mass is 10.1. The molecule has 0 fully saturated rings. The van der Waals surface area contributed by atoms with Crippen molar-refractivity contribution >= 4 is 17.3 Å². The maximum absolute atomic E-state index is 14.2. The fourth-order valence-electron chi connectivity index (χ4n) is 2.14. The highest BCUT2D eigenvalue weighted by molar-refractivity contribution is 5.96. The molecule has 0 saturated carbocycles. The van der Waals surface area contributed by atoms with Crippen LogP contribution >= 0.6 is 0 Å². The Labute approximate surface area is 143 Å². The largest absolute Gasteiger partial charge is 0.481 e. The highest BCUT2D eigenvalue weighted by atomic mass is 19.1. The third-order valence-corrected chi connectivity index (χ3v) is 3.45. The third kappa shape index (κ3) is 4.19. The van der Waals surface area contributed by atoms with Crippen molar-refractivity contribution in [2.75, 3.05) is 26.1 Å². The van der Waals surface area contributed by atoms with Gasteiger partial charge in [-0.25, -0.2) is 9.37 Å². The van der Waals surface area contributed by atoms with Crippen LogP contribution in [0, 0.1) is 15.9 Å². The number of rotatable bonds is 6. The van der Waals surface area contributed by atoms with Gasteiger partial charge >= 0.3 is 0 Å². The van der Waals surface area contributed by atoms with Crippen molar-refractivity contribution in [3.8, 4) is 5.88 Å². The fourth-order valence-corrected chi connectivity index (χ4v) is 2.14. The number of nitro groups is 1. The predicted molar refractivity (Wildman–Crippen MR) is 89.3 cm³/mol. The molecule has 25 heavy (non-hydrogen) atoms. The topological polar surface area (TPSA) is 97.6 Å². The van der Waals surface area contributed by atoms with Gasteiger partial charge in [0.25, 0.3) is 11.6 Å². The zero-order chi connectivity index (χ0) is 18.6. The molecule has 0 unspecified atom stereocenters. The number of methoxy groups -OCH3 is 1. The average Bonchev–Trinajstić information content (AvgIpc) is 2.59. The van der Waals surface area contributed by atoms with Crippen LogP contribution in [0.1, 0.15) is 15.9 Å². The number of pyridine rings is 1. The molecule has 132 valence electrons. The SMILES string of the molecule is COc1ccc(CNC(=O)c2cc([N+](=O)[O-])c(N(C)C)cc2F)cn1. The quantitative estimate of drug-likeness (QED) is 0.634. The van der Waals surface area contributed by atoms with Crippen molar-refractivity contribution in [3.63, 3.8) is 0 Å². The van der Waals surface area contributed by atoms with E-state index in [1.54, 1.807) is 26.2 Å². The van der Waals surface area contributed by atoms with Crippen LogP contribution in [0.4, 0.5) is 15.8 Å². The van der Waals surface area contributed by atoms with Crippen LogP contribution < -0.4 is 15.0 Å². The minimum atomic E-state index is -0.834. The van der Waals surface area contributed by atoms with Crippen molar-refractivity contribution in [3.05, 3.63) is 57.5 Å². The number of nitrogens with zero attached hydrogens (tertiary/aromatic N) is 3. The summed E-state index contributed by atoms with van der Waals surface area (Å²) in [5.41, 5.74) is 0.0220. The van der Waals surface area contributed by atoms with Crippen LogP contribution in [0.25, 0.3) is 0 Å². The lowest BCUT2D eigenvalue weighted by Crippen LogP contribution is -2.24. The molecule has 1 heterocycles. The molecule has 8 nitrogen and oxygen atoms in total. The van der Waals surface area contributed by atoms with Crippen molar-refractivity contribution in [2.24, 2.45) is 0 Å². The molecule has 1 aromatic heterocycles. The number of nitro benzene ring substituents is 1. The average molecular weight is 348 g/mol. The van der Waals surface area contributed by atoms with Crippen molar-refractivity contribution in [1.29, 1.82) is 0 Å². The van der Waals surface area contributed by atoms with Crippen molar-refractivity contribution in [2.45, 2.75) is 6.54 Å². The molecular formula is C16H17FN4O4. The van der Waals surface area contributed by atoms with E-state index < -0.39 is 22.2 Å². The summed E-state index contributed by atoms with van der Waals surface area (Å²) < 4.78 is 19.1. The second-order valence-corrected chi connectivity index (χ2v) is 5.36. The summed E-state index contributed by atoms with van der Waals surface area (Å²) in [6.07, 6.45) is 1.51. The minimum absolute atomic E-state index is 0.0819. The maximum atomic E-state index is 14.2. The predicted octanol–water partition coefficient (Wildman–Crippen LogP) is 2.13. The van der Waals surface area contributed by atoms with Crippen molar-refractivity contribution < 1.29 is 18.8 Å². The smallest absolute Gasteiger partial charge is 0.293 e. The molecule has 1 amide bonds. The van der Waals surface area contributed by atoms with Crippen LogP contribution in [-0.4, -0.2) is 37.0 Å². The summed E-state index contributed by atoms with van der Waals surface area (Å²) in [6.45, 7) is 0.0957. The van der Waals surface area contributed by atoms with E-state index in [0.29, 0.717) is 11.4 Å². The first-order valence-corrected chi connectivity index (χ1v) is 7.26. The number of halogens is 1. The Bertz CT molecular complexity index is 793. The Hall–Kier alpha value is -3.23. The second-order valence-electron chi connectivity index (χ2n) is 5.36. The Morgan fingerprint density at radius 2 is 2.12 bits per heavy atom. The first-order valence-electron chi connectivity index (χ1n) is 7.26.